The molecule has 22 heavy (non-hydrogen) atoms. The van der Waals surface area contributed by atoms with E-state index in [0.29, 0.717) is 0 Å². The van der Waals surface area contributed by atoms with Crippen LogP contribution < -0.4 is 4.83 Å². The molecule has 0 aliphatic heterocycles. The van der Waals surface area contributed by atoms with E-state index < -0.39 is 21.0 Å². The zero-order valence-corrected chi connectivity index (χ0v) is 12.5. The summed E-state index contributed by atoms with van der Waals surface area (Å²) in [5.41, 5.74) is 0.546. The van der Waals surface area contributed by atoms with Crippen molar-refractivity contribution < 1.29 is 17.9 Å². The third-order valence-corrected chi connectivity index (χ3v) is 3.75. The Morgan fingerprint density at radius 3 is 2.82 bits per heavy atom. The number of aromatic nitrogens is 2. The lowest BCUT2D eigenvalue weighted by atomic mass is 10.2. The molecule has 2 N–H and O–H groups in total. The summed E-state index contributed by atoms with van der Waals surface area (Å²) in [4.78, 5) is 13.7. The van der Waals surface area contributed by atoms with Crippen LogP contribution in [0.25, 0.3) is 0 Å². The number of nitrogens with one attached hydrogen (secondary N) is 2. The Bertz CT molecular complexity index is 768. The summed E-state index contributed by atoms with van der Waals surface area (Å²) in [6, 6.07) is 8.95. The SMILES string of the molecule is CCOC(=O)c1cn[nH]c1S(=O)(=O)N/N=C/c1ccccc1. The molecule has 0 spiro atoms. The second-order valence-electron chi connectivity index (χ2n) is 4.10. The zero-order valence-electron chi connectivity index (χ0n) is 11.7. The van der Waals surface area contributed by atoms with Gasteiger partial charge in [0.1, 0.15) is 5.56 Å². The summed E-state index contributed by atoms with van der Waals surface area (Å²) < 4.78 is 29.0. The molecule has 1 aromatic heterocycles. The number of esters is 1. The highest BCUT2D eigenvalue weighted by Gasteiger charge is 2.25. The van der Waals surface area contributed by atoms with E-state index in [1.165, 1.54) is 6.21 Å². The minimum atomic E-state index is -4.05. The molecule has 0 amide bonds. The molecule has 2 aromatic rings. The average molecular weight is 322 g/mol. The molecular formula is C13H14N4O4S. The number of rotatable bonds is 6. The second-order valence-corrected chi connectivity index (χ2v) is 5.69. The molecule has 1 aromatic carbocycles. The van der Waals surface area contributed by atoms with Gasteiger partial charge in [-0.1, -0.05) is 30.3 Å². The highest BCUT2D eigenvalue weighted by Crippen LogP contribution is 2.13. The van der Waals surface area contributed by atoms with E-state index in [1.54, 1.807) is 31.2 Å². The summed E-state index contributed by atoms with van der Waals surface area (Å²) in [6.07, 6.45) is 2.44. The monoisotopic (exact) mass is 322 g/mol. The van der Waals surface area contributed by atoms with Gasteiger partial charge in [-0.25, -0.2) is 4.79 Å². The van der Waals surface area contributed by atoms with Crippen LogP contribution >= 0.6 is 0 Å². The first kappa shape index (κ1) is 15.7. The van der Waals surface area contributed by atoms with Crippen molar-refractivity contribution in [3.05, 3.63) is 47.7 Å². The summed E-state index contributed by atoms with van der Waals surface area (Å²) >= 11 is 0. The second kappa shape index (κ2) is 6.85. The van der Waals surface area contributed by atoms with Crippen molar-refractivity contribution in [2.75, 3.05) is 6.61 Å². The maximum atomic E-state index is 12.1. The first-order valence-electron chi connectivity index (χ1n) is 6.35. The highest BCUT2D eigenvalue weighted by atomic mass is 32.2. The predicted molar refractivity (Wildman–Crippen MR) is 78.9 cm³/mol. The Hall–Kier alpha value is -2.68. The number of hydrogen-bond donors (Lipinski definition) is 2. The van der Waals surface area contributed by atoms with E-state index in [2.05, 4.69) is 15.3 Å². The Kier molecular flexibility index (Phi) is 4.89. The molecule has 116 valence electrons. The normalized spacial score (nSPS) is 11.5. The summed E-state index contributed by atoms with van der Waals surface area (Å²) in [7, 11) is -4.05. The lowest BCUT2D eigenvalue weighted by Gasteiger charge is -2.04. The van der Waals surface area contributed by atoms with E-state index in [-0.39, 0.29) is 12.2 Å². The number of hydrogen-bond acceptors (Lipinski definition) is 6. The lowest BCUT2D eigenvalue weighted by molar-refractivity contribution is 0.0522. The van der Waals surface area contributed by atoms with Gasteiger partial charge in [0, 0.05) is 0 Å². The van der Waals surface area contributed by atoms with Gasteiger partial charge in [-0.15, -0.1) is 0 Å². The van der Waals surface area contributed by atoms with Gasteiger partial charge in [-0.3, -0.25) is 5.10 Å². The average Bonchev–Trinajstić information content (AvgIpc) is 2.99. The maximum absolute atomic E-state index is 12.1. The molecule has 1 heterocycles. The van der Waals surface area contributed by atoms with Crippen LogP contribution in [0, 0.1) is 0 Å². The van der Waals surface area contributed by atoms with Crippen LogP contribution in [0.1, 0.15) is 22.8 Å². The first-order chi connectivity index (χ1) is 10.5. The number of carbonyl (C=O) groups excluding carboxylic acids is 1. The molecule has 2 rings (SSSR count). The fraction of sp³-hybridized carbons (Fsp3) is 0.154. The van der Waals surface area contributed by atoms with Crippen LogP contribution in [0.3, 0.4) is 0 Å². The van der Waals surface area contributed by atoms with Crippen molar-refractivity contribution in [3.63, 3.8) is 0 Å². The third kappa shape index (κ3) is 3.70. The zero-order chi connectivity index (χ0) is 16.0. The van der Waals surface area contributed by atoms with Crippen molar-refractivity contribution in [3.8, 4) is 0 Å². The van der Waals surface area contributed by atoms with E-state index >= 15 is 0 Å². The number of nitrogens with zero attached hydrogens (tertiary/aromatic N) is 2. The number of aromatic amines is 1. The highest BCUT2D eigenvalue weighted by molar-refractivity contribution is 7.89. The van der Waals surface area contributed by atoms with Crippen molar-refractivity contribution in [1.82, 2.24) is 15.0 Å². The fourth-order valence-electron chi connectivity index (χ4n) is 1.59. The van der Waals surface area contributed by atoms with Gasteiger partial charge in [0.05, 0.1) is 19.0 Å². The molecule has 8 nitrogen and oxygen atoms in total. The lowest BCUT2D eigenvalue weighted by Crippen LogP contribution is -2.21. The predicted octanol–water partition coefficient (Wildman–Crippen LogP) is 0.899. The van der Waals surface area contributed by atoms with Gasteiger partial charge in [0.25, 0.3) is 10.0 Å². The van der Waals surface area contributed by atoms with Crippen LogP contribution in [-0.4, -0.2) is 37.4 Å². The minimum Gasteiger partial charge on any atom is -0.462 e. The van der Waals surface area contributed by atoms with Crippen LogP contribution in [0.4, 0.5) is 0 Å². The molecule has 0 bridgehead atoms. The van der Waals surface area contributed by atoms with Gasteiger partial charge < -0.3 is 4.74 Å². The Balaban J connectivity index is 2.16. The molecule has 0 radical (unpaired) electrons. The van der Waals surface area contributed by atoms with Crippen molar-refractivity contribution in [2.45, 2.75) is 11.9 Å². The number of ether oxygens (including phenoxy) is 1. The number of sulfonamides is 1. The quantitative estimate of drug-likeness (QED) is 0.466. The molecule has 0 aliphatic rings. The standard InChI is InChI=1S/C13H14N4O4S/c1-2-21-13(18)11-9-14-16-12(11)22(19,20)17-15-8-10-6-4-3-5-7-10/h3-9,17H,2H2,1H3,(H,14,16)/b15-8+. The van der Waals surface area contributed by atoms with Crippen molar-refractivity contribution >= 4 is 22.2 Å². The molecular weight excluding hydrogens is 308 g/mol. The number of hydrazone groups is 1. The molecule has 0 unspecified atom stereocenters. The summed E-state index contributed by atoms with van der Waals surface area (Å²) in [6.45, 7) is 1.75. The Labute approximate surface area is 127 Å². The van der Waals surface area contributed by atoms with Crippen molar-refractivity contribution in [2.24, 2.45) is 5.10 Å². The van der Waals surface area contributed by atoms with Crippen LogP contribution in [0.2, 0.25) is 0 Å². The number of benzene rings is 1. The van der Waals surface area contributed by atoms with Crippen LogP contribution in [0.5, 0.6) is 0 Å². The molecule has 0 saturated carbocycles. The maximum Gasteiger partial charge on any atom is 0.342 e. The molecule has 0 aliphatic carbocycles. The van der Waals surface area contributed by atoms with E-state index in [1.807, 2.05) is 10.9 Å². The summed E-state index contributed by atoms with van der Waals surface area (Å²) in [5, 5.41) is 9.08. The van der Waals surface area contributed by atoms with Crippen molar-refractivity contribution in [1.29, 1.82) is 0 Å². The number of H-pyrrole nitrogens is 1. The van der Waals surface area contributed by atoms with Gasteiger partial charge in [-0.05, 0) is 12.5 Å². The molecule has 0 fully saturated rings. The Morgan fingerprint density at radius 2 is 2.14 bits per heavy atom. The van der Waals surface area contributed by atoms with Gasteiger partial charge >= 0.3 is 5.97 Å². The van der Waals surface area contributed by atoms with Gasteiger partial charge in [0.2, 0.25) is 0 Å². The molecule has 0 atom stereocenters. The molecule has 9 heteroatoms. The third-order valence-electron chi connectivity index (χ3n) is 2.55. The van der Waals surface area contributed by atoms with E-state index in [4.69, 9.17) is 4.74 Å². The summed E-state index contributed by atoms with van der Waals surface area (Å²) in [5.74, 6) is -0.774. The Morgan fingerprint density at radius 1 is 1.41 bits per heavy atom. The van der Waals surface area contributed by atoms with Gasteiger partial charge in [0.15, 0.2) is 5.03 Å². The number of carbonyl (C=O) groups is 1. The fourth-order valence-corrected chi connectivity index (χ4v) is 2.47. The van der Waals surface area contributed by atoms with Crippen LogP contribution in [-0.2, 0) is 14.8 Å². The van der Waals surface area contributed by atoms with E-state index in [0.717, 1.165) is 11.8 Å². The van der Waals surface area contributed by atoms with Crippen LogP contribution in [0.15, 0.2) is 46.7 Å². The molecule has 0 saturated heterocycles. The smallest absolute Gasteiger partial charge is 0.342 e. The van der Waals surface area contributed by atoms with E-state index in [9.17, 15) is 13.2 Å². The topological polar surface area (TPSA) is 114 Å². The first-order valence-corrected chi connectivity index (χ1v) is 7.83. The largest absolute Gasteiger partial charge is 0.462 e. The van der Waals surface area contributed by atoms with Gasteiger partial charge in [-0.2, -0.15) is 23.4 Å². The minimum absolute atomic E-state index is 0.128.